The van der Waals surface area contributed by atoms with E-state index < -0.39 is 23.8 Å². The number of carbonyl (C=O) groups is 1. The predicted octanol–water partition coefficient (Wildman–Crippen LogP) is 0.565. The average molecular weight is 256 g/mol. The molecule has 0 saturated heterocycles. The lowest BCUT2D eigenvalue weighted by molar-refractivity contribution is -0.188. The molecule has 0 aliphatic heterocycles. The first-order chi connectivity index (χ1) is 7.32. The molecule has 1 aromatic rings. The first-order valence-electron chi connectivity index (χ1n) is 3.97. The van der Waals surface area contributed by atoms with Gasteiger partial charge in [-0.1, -0.05) is 11.8 Å². The summed E-state index contributed by atoms with van der Waals surface area (Å²) in [6, 6.07) is 0. The summed E-state index contributed by atoms with van der Waals surface area (Å²) in [7, 11) is 1.45. The standard InChI is InChI=1S/C6H7F3N4O2S/c1-13-5(10-11-12-13)16-2-3(4(14)15)6(7,8)9/h3H,2H2,1H3,(H,14,15). The van der Waals surface area contributed by atoms with Gasteiger partial charge in [-0.25, -0.2) is 4.68 Å². The van der Waals surface area contributed by atoms with E-state index in [9.17, 15) is 18.0 Å². The summed E-state index contributed by atoms with van der Waals surface area (Å²) in [6.45, 7) is 0. The van der Waals surface area contributed by atoms with Crippen molar-refractivity contribution in [2.45, 2.75) is 11.3 Å². The number of carboxylic acid groups (broad SMARTS) is 1. The van der Waals surface area contributed by atoms with E-state index in [1.165, 1.54) is 11.7 Å². The number of aliphatic carboxylic acids is 1. The largest absolute Gasteiger partial charge is 0.481 e. The third-order valence-corrected chi connectivity index (χ3v) is 2.76. The van der Waals surface area contributed by atoms with Gasteiger partial charge in [-0.3, -0.25) is 4.79 Å². The number of rotatable bonds is 4. The minimum atomic E-state index is -4.77. The van der Waals surface area contributed by atoms with Gasteiger partial charge in [0, 0.05) is 12.8 Å². The summed E-state index contributed by atoms with van der Waals surface area (Å²) in [6.07, 6.45) is -4.77. The summed E-state index contributed by atoms with van der Waals surface area (Å²) in [5.41, 5.74) is 0. The fourth-order valence-corrected chi connectivity index (χ4v) is 1.77. The third-order valence-electron chi connectivity index (χ3n) is 1.65. The van der Waals surface area contributed by atoms with Crippen molar-refractivity contribution in [3.63, 3.8) is 0 Å². The summed E-state index contributed by atoms with van der Waals surface area (Å²) < 4.78 is 37.9. The highest BCUT2D eigenvalue weighted by Crippen LogP contribution is 2.30. The van der Waals surface area contributed by atoms with Crippen LogP contribution in [0.4, 0.5) is 13.2 Å². The Hall–Kier alpha value is -1.32. The van der Waals surface area contributed by atoms with E-state index in [0.717, 1.165) is 0 Å². The average Bonchev–Trinajstić information content (AvgIpc) is 2.49. The van der Waals surface area contributed by atoms with Crippen LogP contribution in [0.5, 0.6) is 0 Å². The van der Waals surface area contributed by atoms with Crippen LogP contribution in [0.25, 0.3) is 0 Å². The Balaban J connectivity index is 2.65. The SMILES string of the molecule is Cn1nnnc1SCC(C(=O)O)C(F)(F)F. The molecule has 10 heteroatoms. The molecule has 90 valence electrons. The lowest BCUT2D eigenvalue weighted by Gasteiger charge is -2.14. The van der Waals surface area contributed by atoms with Crippen LogP contribution in [0.15, 0.2) is 5.16 Å². The molecule has 1 rings (SSSR count). The van der Waals surface area contributed by atoms with E-state index in [4.69, 9.17) is 5.11 Å². The van der Waals surface area contributed by atoms with Crippen molar-refractivity contribution in [3.8, 4) is 0 Å². The molecule has 0 aliphatic carbocycles. The van der Waals surface area contributed by atoms with Crippen molar-refractivity contribution < 1.29 is 23.1 Å². The van der Waals surface area contributed by atoms with Gasteiger partial charge in [0.1, 0.15) is 0 Å². The van der Waals surface area contributed by atoms with Crippen molar-refractivity contribution >= 4 is 17.7 Å². The number of hydrogen-bond donors (Lipinski definition) is 1. The van der Waals surface area contributed by atoms with Crippen molar-refractivity contribution in [2.75, 3.05) is 5.75 Å². The van der Waals surface area contributed by atoms with Crippen molar-refractivity contribution in [2.24, 2.45) is 13.0 Å². The van der Waals surface area contributed by atoms with Crippen LogP contribution < -0.4 is 0 Å². The summed E-state index contributed by atoms with van der Waals surface area (Å²) in [5.74, 6) is -4.99. The quantitative estimate of drug-likeness (QED) is 0.793. The summed E-state index contributed by atoms with van der Waals surface area (Å²) >= 11 is 0.643. The van der Waals surface area contributed by atoms with Crippen molar-refractivity contribution in [1.29, 1.82) is 0 Å². The minimum Gasteiger partial charge on any atom is -0.481 e. The Bertz CT molecular complexity index is 380. The molecule has 1 N–H and O–H groups in total. The van der Waals surface area contributed by atoms with E-state index in [2.05, 4.69) is 15.5 Å². The summed E-state index contributed by atoms with van der Waals surface area (Å²) in [5, 5.41) is 18.6. The Morgan fingerprint density at radius 2 is 2.25 bits per heavy atom. The Morgan fingerprint density at radius 1 is 1.62 bits per heavy atom. The molecule has 1 unspecified atom stereocenters. The number of halogens is 3. The number of hydrogen-bond acceptors (Lipinski definition) is 5. The maximum Gasteiger partial charge on any atom is 0.403 e. The molecule has 1 heterocycles. The first kappa shape index (κ1) is 12.7. The van der Waals surface area contributed by atoms with Crippen LogP contribution in [0, 0.1) is 5.92 Å². The molecule has 0 saturated carbocycles. The van der Waals surface area contributed by atoms with Gasteiger partial charge in [-0.15, -0.1) is 5.10 Å². The highest BCUT2D eigenvalue weighted by molar-refractivity contribution is 7.99. The topological polar surface area (TPSA) is 80.9 Å². The molecule has 0 fully saturated rings. The monoisotopic (exact) mass is 256 g/mol. The molecule has 0 aromatic carbocycles. The Labute approximate surface area is 91.8 Å². The molecule has 0 amide bonds. The fourth-order valence-electron chi connectivity index (χ4n) is 0.807. The second kappa shape index (κ2) is 4.68. The van der Waals surface area contributed by atoms with Crippen LogP contribution >= 0.6 is 11.8 Å². The molecule has 16 heavy (non-hydrogen) atoms. The smallest absolute Gasteiger partial charge is 0.403 e. The third kappa shape index (κ3) is 3.08. The molecular formula is C6H7F3N4O2S. The minimum absolute atomic E-state index is 0.135. The van der Waals surface area contributed by atoms with Crippen LogP contribution in [0.3, 0.4) is 0 Å². The molecule has 0 bridgehead atoms. The molecule has 6 nitrogen and oxygen atoms in total. The maximum absolute atomic E-state index is 12.2. The van der Waals surface area contributed by atoms with Gasteiger partial charge in [0.2, 0.25) is 5.16 Å². The zero-order chi connectivity index (χ0) is 12.3. The van der Waals surface area contributed by atoms with Gasteiger partial charge in [0.25, 0.3) is 0 Å². The maximum atomic E-state index is 12.2. The number of aromatic nitrogens is 4. The van der Waals surface area contributed by atoms with Crippen LogP contribution in [-0.4, -0.2) is 43.2 Å². The number of carboxylic acids is 1. The molecule has 1 atom stereocenters. The van der Waals surface area contributed by atoms with Crippen LogP contribution in [-0.2, 0) is 11.8 Å². The van der Waals surface area contributed by atoms with Crippen molar-refractivity contribution in [1.82, 2.24) is 20.2 Å². The van der Waals surface area contributed by atoms with E-state index in [0.29, 0.717) is 11.8 Å². The predicted molar refractivity (Wildman–Crippen MR) is 46.7 cm³/mol. The van der Waals surface area contributed by atoms with E-state index in [1.54, 1.807) is 0 Å². The van der Waals surface area contributed by atoms with Gasteiger partial charge in [-0.2, -0.15) is 13.2 Å². The van der Waals surface area contributed by atoms with Crippen LogP contribution in [0.1, 0.15) is 0 Å². The van der Waals surface area contributed by atoms with E-state index in [-0.39, 0.29) is 5.16 Å². The lowest BCUT2D eigenvalue weighted by atomic mass is 10.2. The van der Waals surface area contributed by atoms with Gasteiger partial charge in [0.05, 0.1) is 0 Å². The summed E-state index contributed by atoms with van der Waals surface area (Å²) in [4.78, 5) is 10.4. The van der Waals surface area contributed by atoms with Gasteiger partial charge >= 0.3 is 12.1 Å². The second-order valence-electron chi connectivity index (χ2n) is 2.83. The molecular weight excluding hydrogens is 249 g/mol. The molecule has 0 aliphatic rings. The van der Waals surface area contributed by atoms with Crippen molar-refractivity contribution in [3.05, 3.63) is 0 Å². The normalized spacial score (nSPS) is 13.8. The Morgan fingerprint density at radius 3 is 2.62 bits per heavy atom. The number of aryl methyl sites for hydroxylation is 1. The van der Waals surface area contributed by atoms with Gasteiger partial charge < -0.3 is 5.11 Å². The van der Waals surface area contributed by atoms with E-state index >= 15 is 0 Å². The van der Waals surface area contributed by atoms with Gasteiger partial charge in [0.15, 0.2) is 5.92 Å². The number of tetrazole rings is 1. The first-order valence-corrected chi connectivity index (χ1v) is 4.95. The lowest BCUT2D eigenvalue weighted by Crippen LogP contribution is -2.32. The molecule has 0 radical (unpaired) electrons. The second-order valence-corrected chi connectivity index (χ2v) is 3.82. The number of alkyl halides is 3. The number of nitrogens with zero attached hydrogens (tertiary/aromatic N) is 4. The molecule has 0 spiro atoms. The van der Waals surface area contributed by atoms with Crippen LogP contribution in [0.2, 0.25) is 0 Å². The molecule has 1 aromatic heterocycles. The zero-order valence-corrected chi connectivity index (χ0v) is 8.79. The Kier molecular flexibility index (Phi) is 3.73. The highest BCUT2D eigenvalue weighted by atomic mass is 32.2. The van der Waals surface area contributed by atoms with Gasteiger partial charge in [-0.05, 0) is 10.4 Å². The van der Waals surface area contributed by atoms with E-state index in [1.807, 2.05) is 0 Å². The fraction of sp³-hybridized carbons (Fsp3) is 0.667. The number of thioether (sulfide) groups is 1. The highest BCUT2D eigenvalue weighted by Gasteiger charge is 2.45. The zero-order valence-electron chi connectivity index (χ0n) is 7.97.